The van der Waals surface area contributed by atoms with Crippen molar-refractivity contribution in [3.05, 3.63) is 92.7 Å². The molecule has 0 unspecified atom stereocenters. The molecule has 0 aliphatic rings. The summed E-state index contributed by atoms with van der Waals surface area (Å²) in [5.74, 6) is 1.16. The fourth-order valence-corrected chi connectivity index (χ4v) is 3.37. The van der Waals surface area contributed by atoms with E-state index in [1.54, 1.807) is 49.4 Å². The Morgan fingerprint density at radius 3 is 2.55 bits per heavy atom. The van der Waals surface area contributed by atoms with E-state index in [0.717, 1.165) is 0 Å². The molecule has 0 fully saturated rings. The number of benzene rings is 3. The zero-order valence-corrected chi connectivity index (χ0v) is 18.3. The minimum atomic E-state index is -0.550. The van der Waals surface area contributed by atoms with Crippen LogP contribution in [-0.2, 0) is 0 Å². The molecule has 0 saturated heterocycles. The number of para-hydroxylation sites is 1. The van der Waals surface area contributed by atoms with Crippen LogP contribution in [0.4, 0.5) is 0 Å². The Bertz CT molecular complexity index is 1340. The van der Waals surface area contributed by atoms with Gasteiger partial charge in [-0.3, -0.25) is 4.79 Å². The van der Waals surface area contributed by atoms with Gasteiger partial charge in [0, 0.05) is 6.07 Å². The van der Waals surface area contributed by atoms with Crippen molar-refractivity contribution in [2.24, 2.45) is 0 Å². The highest BCUT2D eigenvalue weighted by Crippen LogP contribution is 2.31. The highest BCUT2D eigenvalue weighted by atomic mass is 79.9. The second-order valence-electron chi connectivity index (χ2n) is 6.63. The molecule has 6 nitrogen and oxygen atoms in total. The summed E-state index contributed by atoms with van der Waals surface area (Å²) in [4.78, 5) is 25.4. The van der Waals surface area contributed by atoms with Crippen molar-refractivity contribution in [1.29, 1.82) is 0 Å². The summed E-state index contributed by atoms with van der Waals surface area (Å²) >= 11 is 3.40. The number of fused-ring (bicyclic) bond motifs is 1. The highest BCUT2D eigenvalue weighted by Gasteiger charge is 2.17. The molecule has 0 bridgehead atoms. The van der Waals surface area contributed by atoms with E-state index >= 15 is 0 Å². The van der Waals surface area contributed by atoms with Gasteiger partial charge in [0.1, 0.15) is 28.6 Å². The van der Waals surface area contributed by atoms with Crippen molar-refractivity contribution in [3.63, 3.8) is 0 Å². The Labute approximate surface area is 186 Å². The van der Waals surface area contributed by atoms with Crippen LogP contribution in [0, 0.1) is 6.92 Å². The normalized spacial score (nSPS) is 10.7. The molecule has 3 aromatic carbocycles. The molecule has 4 aromatic rings. The van der Waals surface area contributed by atoms with Gasteiger partial charge in [-0.15, -0.1) is 0 Å². The monoisotopic (exact) mass is 480 g/mol. The lowest BCUT2D eigenvalue weighted by atomic mass is 10.2. The van der Waals surface area contributed by atoms with E-state index in [1.165, 1.54) is 19.2 Å². The summed E-state index contributed by atoms with van der Waals surface area (Å²) in [5, 5.41) is 0.314. The first-order valence-corrected chi connectivity index (χ1v) is 10.1. The molecule has 31 heavy (non-hydrogen) atoms. The Morgan fingerprint density at radius 2 is 1.77 bits per heavy atom. The molecule has 0 spiro atoms. The first-order chi connectivity index (χ1) is 15.0. The standard InChI is InChI=1S/C24H17BrO6/c1-14-23(31-20-9-4-3-8-19(20)25)22(26)18-11-10-17(13-21(18)29-14)30-24(27)15-6-5-7-16(12-15)28-2/h3-13H,1-2H3. The molecular formula is C24H17BrO6. The lowest BCUT2D eigenvalue weighted by Gasteiger charge is -2.11. The maximum Gasteiger partial charge on any atom is 0.343 e. The summed E-state index contributed by atoms with van der Waals surface area (Å²) in [5.41, 5.74) is 0.312. The molecule has 0 amide bonds. The number of carbonyl (C=O) groups is 1. The van der Waals surface area contributed by atoms with Crippen LogP contribution in [-0.4, -0.2) is 13.1 Å². The summed E-state index contributed by atoms with van der Waals surface area (Å²) in [7, 11) is 1.52. The van der Waals surface area contributed by atoms with Gasteiger partial charge in [-0.25, -0.2) is 4.79 Å². The van der Waals surface area contributed by atoms with Gasteiger partial charge in [-0.05, 0) is 65.3 Å². The summed E-state index contributed by atoms with van der Waals surface area (Å²) in [6.45, 7) is 1.64. The molecule has 156 valence electrons. The second kappa shape index (κ2) is 8.65. The van der Waals surface area contributed by atoms with Crippen LogP contribution in [0.5, 0.6) is 23.0 Å². The third-order valence-electron chi connectivity index (χ3n) is 4.55. The van der Waals surface area contributed by atoms with Gasteiger partial charge in [0.05, 0.1) is 22.5 Å². The van der Waals surface area contributed by atoms with Crippen LogP contribution in [0.15, 0.2) is 80.4 Å². The van der Waals surface area contributed by atoms with Crippen molar-refractivity contribution in [3.8, 4) is 23.0 Å². The van der Waals surface area contributed by atoms with Gasteiger partial charge in [-0.2, -0.15) is 0 Å². The third kappa shape index (κ3) is 4.32. The lowest BCUT2D eigenvalue weighted by molar-refractivity contribution is 0.0734. The minimum Gasteiger partial charge on any atom is -0.497 e. The molecule has 0 N–H and O–H groups in total. The van der Waals surface area contributed by atoms with E-state index in [0.29, 0.717) is 32.7 Å². The lowest BCUT2D eigenvalue weighted by Crippen LogP contribution is -2.10. The topological polar surface area (TPSA) is 75.0 Å². The Kier molecular flexibility index (Phi) is 5.77. The van der Waals surface area contributed by atoms with Crippen molar-refractivity contribution in [2.75, 3.05) is 7.11 Å². The number of methoxy groups -OCH3 is 1. The van der Waals surface area contributed by atoms with Crippen LogP contribution >= 0.6 is 15.9 Å². The Balaban J connectivity index is 1.65. The number of esters is 1. The maximum atomic E-state index is 13.0. The van der Waals surface area contributed by atoms with Crippen molar-refractivity contribution >= 4 is 32.9 Å². The number of hydrogen-bond acceptors (Lipinski definition) is 6. The van der Waals surface area contributed by atoms with E-state index in [9.17, 15) is 9.59 Å². The zero-order chi connectivity index (χ0) is 22.0. The van der Waals surface area contributed by atoms with Crippen molar-refractivity contribution < 1.29 is 23.4 Å². The molecule has 1 heterocycles. The van der Waals surface area contributed by atoms with Gasteiger partial charge in [0.25, 0.3) is 0 Å². The Morgan fingerprint density at radius 1 is 0.968 bits per heavy atom. The summed E-state index contributed by atoms with van der Waals surface area (Å²) in [6, 6.07) is 18.4. The fraction of sp³-hybridized carbons (Fsp3) is 0.0833. The number of aryl methyl sites for hydroxylation is 1. The van der Waals surface area contributed by atoms with Crippen molar-refractivity contribution in [2.45, 2.75) is 6.92 Å². The molecule has 0 aliphatic heterocycles. The van der Waals surface area contributed by atoms with Crippen LogP contribution in [0.1, 0.15) is 16.1 Å². The van der Waals surface area contributed by atoms with Crippen LogP contribution in [0.3, 0.4) is 0 Å². The number of hydrogen-bond donors (Lipinski definition) is 0. The SMILES string of the molecule is COc1cccc(C(=O)Oc2ccc3c(=O)c(Oc4ccccc4Br)c(C)oc3c2)c1. The molecule has 1 aromatic heterocycles. The van der Waals surface area contributed by atoms with Gasteiger partial charge >= 0.3 is 5.97 Å². The quantitative estimate of drug-likeness (QED) is 0.262. The third-order valence-corrected chi connectivity index (χ3v) is 5.21. The average Bonchev–Trinajstić information content (AvgIpc) is 2.77. The maximum absolute atomic E-state index is 13.0. The summed E-state index contributed by atoms with van der Waals surface area (Å²) < 4.78 is 22.9. The number of rotatable bonds is 5. The van der Waals surface area contributed by atoms with Gasteiger partial charge in [0.2, 0.25) is 11.2 Å². The molecule has 0 aliphatic carbocycles. The van der Waals surface area contributed by atoms with Gasteiger partial charge < -0.3 is 18.6 Å². The molecule has 4 rings (SSSR count). The number of ether oxygens (including phenoxy) is 3. The highest BCUT2D eigenvalue weighted by molar-refractivity contribution is 9.10. The largest absolute Gasteiger partial charge is 0.497 e. The van der Waals surface area contributed by atoms with Gasteiger partial charge in [0.15, 0.2) is 0 Å². The van der Waals surface area contributed by atoms with Crippen LogP contribution < -0.4 is 19.6 Å². The predicted octanol–water partition coefficient (Wildman–Crippen LogP) is 5.88. The Hall–Kier alpha value is -3.58. The van der Waals surface area contributed by atoms with Crippen LogP contribution in [0.2, 0.25) is 0 Å². The first kappa shape index (κ1) is 20.7. The molecular weight excluding hydrogens is 464 g/mol. The second-order valence-corrected chi connectivity index (χ2v) is 7.48. The van der Waals surface area contributed by atoms with E-state index in [1.807, 2.05) is 12.1 Å². The minimum absolute atomic E-state index is 0.0977. The van der Waals surface area contributed by atoms with E-state index in [-0.39, 0.29) is 22.5 Å². The van der Waals surface area contributed by atoms with E-state index in [4.69, 9.17) is 18.6 Å². The number of carbonyl (C=O) groups excluding carboxylic acids is 1. The summed E-state index contributed by atoms with van der Waals surface area (Å²) in [6.07, 6.45) is 0. The molecule has 0 radical (unpaired) electrons. The van der Waals surface area contributed by atoms with E-state index in [2.05, 4.69) is 15.9 Å². The van der Waals surface area contributed by atoms with Gasteiger partial charge in [-0.1, -0.05) is 18.2 Å². The van der Waals surface area contributed by atoms with E-state index < -0.39 is 5.97 Å². The molecule has 0 saturated carbocycles. The number of halogens is 1. The predicted molar refractivity (Wildman–Crippen MR) is 119 cm³/mol. The fourth-order valence-electron chi connectivity index (χ4n) is 3.00. The molecule has 7 heteroatoms. The average molecular weight is 481 g/mol. The smallest absolute Gasteiger partial charge is 0.343 e. The van der Waals surface area contributed by atoms with Crippen LogP contribution in [0.25, 0.3) is 11.0 Å². The van der Waals surface area contributed by atoms with Crippen molar-refractivity contribution in [1.82, 2.24) is 0 Å². The first-order valence-electron chi connectivity index (χ1n) is 9.32. The molecule has 0 atom stereocenters. The zero-order valence-electron chi connectivity index (χ0n) is 16.7.